The summed E-state index contributed by atoms with van der Waals surface area (Å²) < 4.78 is 0. The molecule has 0 aromatic heterocycles. The van der Waals surface area contributed by atoms with Gasteiger partial charge in [0.2, 0.25) is 0 Å². The Morgan fingerprint density at radius 2 is 1.82 bits per heavy atom. The second kappa shape index (κ2) is 8.66. The van der Waals surface area contributed by atoms with Crippen molar-refractivity contribution in [3.63, 3.8) is 0 Å². The van der Waals surface area contributed by atoms with Gasteiger partial charge in [-0.15, -0.1) is 38.9 Å². The van der Waals surface area contributed by atoms with E-state index in [9.17, 15) is 5.11 Å². The van der Waals surface area contributed by atoms with Gasteiger partial charge in [0.25, 0.3) is 0 Å². The summed E-state index contributed by atoms with van der Waals surface area (Å²) in [7, 11) is -1.41. The summed E-state index contributed by atoms with van der Waals surface area (Å²) in [6, 6.07) is 13.7. The Bertz CT molecular complexity index is 1090. The SMILES string of the molecule is C[Si]1(C)c2c(C3=C(CCCO)C=CC3)cc3c([cH-]c4ccccc43)c21.[Cl-].[Cl-].[Zr+3]. The third-order valence-corrected chi connectivity index (χ3v) is 9.35. The van der Waals surface area contributed by atoms with E-state index in [0.29, 0.717) is 0 Å². The number of benzene rings is 2. The Hall–Kier alpha value is -0.570. The number of hydrogen-bond acceptors (Lipinski definition) is 1. The number of aliphatic hydroxyl groups excluding tert-OH is 1. The van der Waals surface area contributed by atoms with Crippen LogP contribution in [0.2, 0.25) is 13.1 Å². The fourth-order valence-electron chi connectivity index (χ4n) is 4.81. The summed E-state index contributed by atoms with van der Waals surface area (Å²) in [5.74, 6) is 0. The second-order valence-corrected chi connectivity index (χ2v) is 12.2. The number of allylic oxidation sites excluding steroid dienone is 4. The van der Waals surface area contributed by atoms with Crippen molar-refractivity contribution in [2.75, 3.05) is 6.61 Å². The van der Waals surface area contributed by atoms with Gasteiger partial charge in [0.1, 0.15) is 0 Å². The summed E-state index contributed by atoms with van der Waals surface area (Å²) in [6.07, 6.45) is 7.45. The minimum absolute atomic E-state index is 0. The molecule has 1 nitrogen and oxygen atoms in total. The van der Waals surface area contributed by atoms with E-state index in [2.05, 4.69) is 61.6 Å². The number of rotatable bonds is 4. The molecule has 5 heteroatoms. The van der Waals surface area contributed by atoms with E-state index < -0.39 is 8.07 Å². The average molecular weight is 506 g/mol. The Morgan fingerprint density at radius 1 is 1.07 bits per heavy atom. The average Bonchev–Trinajstić information content (AvgIpc) is 2.98. The van der Waals surface area contributed by atoms with Crippen LogP contribution in [-0.4, -0.2) is 19.8 Å². The summed E-state index contributed by atoms with van der Waals surface area (Å²) in [4.78, 5) is 0. The minimum Gasteiger partial charge on any atom is -1.00 e. The van der Waals surface area contributed by atoms with Gasteiger partial charge in [-0.05, 0) is 36.0 Å². The van der Waals surface area contributed by atoms with Gasteiger partial charge in [-0.25, -0.2) is 0 Å². The molecule has 0 fully saturated rings. The molecule has 2 aliphatic rings. The molecule has 0 bridgehead atoms. The van der Waals surface area contributed by atoms with E-state index in [1.165, 1.54) is 38.3 Å². The normalized spacial score (nSPS) is 15.8. The van der Waals surface area contributed by atoms with Gasteiger partial charge < -0.3 is 29.9 Å². The molecule has 0 spiro atoms. The van der Waals surface area contributed by atoms with E-state index >= 15 is 0 Å². The summed E-state index contributed by atoms with van der Waals surface area (Å²) in [5, 5.41) is 18.3. The maximum Gasteiger partial charge on any atom is 3.00 e. The van der Waals surface area contributed by atoms with Gasteiger partial charge in [-0.3, -0.25) is 0 Å². The van der Waals surface area contributed by atoms with E-state index in [1.807, 2.05) is 0 Å². The number of hydrogen-bond donors (Lipinski definition) is 1. The third-order valence-electron chi connectivity index (χ3n) is 6.06. The van der Waals surface area contributed by atoms with Crippen molar-refractivity contribution in [3.8, 4) is 0 Å². The first-order chi connectivity index (χ1) is 12.1. The third kappa shape index (κ3) is 3.44. The molecule has 0 amide bonds. The molecule has 0 saturated carbocycles. The van der Waals surface area contributed by atoms with Crippen molar-refractivity contribution in [1.29, 1.82) is 0 Å². The molecular formula is C23H23Cl2OSiZr. The quantitative estimate of drug-likeness (QED) is 0.333. The van der Waals surface area contributed by atoms with Crippen LogP contribution < -0.4 is 35.2 Å². The first kappa shape index (κ1) is 23.7. The Labute approximate surface area is 199 Å². The van der Waals surface area contributed by atoms with Gasteiger partial charge in [0.15, 0.2) is 0 Å². The van der Waals surface area contributed by atoms with Crippen LogP contribution in [0.1, 0.15) is 24.8 Å². The van der Waals surface area contributed by atoms with Crippen LogP contribution in [0.5, 0.6) is 0 Å². The molecule has 1 radical (unpaired) electrons. The molecule has 1 aliphatic heterocycles. The van der Waals surface area contributed by atoms with Gasteiger partial charge in [0, 0.05) is 6.61 Å². The van der Waals surface area contributed by atoms with E-state index in [1.54, 1.807) is 10.4 Å². The summed E-state index contributed by atoms with van der Waals surface area (Å²) in [6.45, 7) is 5.26. The molecule has 3 aromatic rings. The molecule has 3 aromatic carbocycles. The topological polar surface area (TPSA) is 20.2 Å². The molecule has 0 unspecified atom stereocenters. The van der Waals surface area contributed by atoms with Crippen molar-refractivity contribution in [2.45, 2.75) is 32.4 Å². The minimum atomic E-state index is -1.41. The Kier molecular flexibility index (Phi) is 7.33. The number of aliphatic hydroxyl groups is 1. The van der Waals surface area contributed by atoms with Crippen LogP contribution in [0.4, 0.5) is 0 Å². The standard InChI is InChI=1S/C23H23OSi.2ClH.Zr/c1-25(2)22-20-13-16-7-3-4-10-18(16)19(20)14-21(23(22)25)17-11-5-8-15(17)9-6-12-24;;;/h3-5,7-8,10,13-14,24H,6,9,11-12H2,1-2H3;2*1H;/q-1;;;+3/p-2. The molecule has 0 saturated heterocycles. The Morgan fingerprint density at radius 3 is 2.57 bits per heavy atom. The first-order valence-electron chi connectivity index (χ1n) is 9.29. The van der Waals surface area contributed by atoms with Crippen molar-refractivity contribution >= 4 is 45.6 Å². The molecular weight excluding hydrogens is 482 g/mol. The smallest absolute Gasteiger partial charge is 1.00 e. The van der Waals surface area contributed by atoms with Crippen molar-refractivity contribution < 1.29 is 56.1 Å². The number of halogens is 2. The van der Waals surface area contributed by atoms with E-state index in [4.69, 9.17) is 0 Å². The van der Waals surface area contributed by atoms with Crippen molar-refractivity contribution in [3.05, 3.63) is 59.7 Å². The van der Waals surface area contributed by atoms with Crippen molar-refractivity contribution in [1.82, 2.24) is 0 Å². The predicted molar refractivity (Wildman–Crippen MR) is 111 cm³/mol. The van der Waals surface area contributed by atoms with Gasteiger partial charge >= 0.3 is 26.2 Å². The summed E-state index contributed by atoms with van der Waals surface area (Å²) >= 11 is 0. The zero-order valence-corrected chi connectivity index (χ0v) is 21.1. The van der Waals surface area contributed by atoms with Gasteiger partial charge in [-0.1, -0.05) is 54.7 Å². The van der Waals surface area contributed by atoms with Gasteiger partial charge in [-0.2, -0.15) is 0 Å². The van der Waals surface area contributed by atoms with E-state index in [0.717, 1.165) is 19.3 Å². The molecule has 28 heavy (non-hydrogen) atoms. The van der Waals surface area contributed by atoms with Crippen LogP contribution in [0.3, 0.4) is 0 Å². The molecule has 5 rings (SSSR count). The number of fused-ring (bicyclic) bond motifs is 5. The monoisotopic (exact) mass is 503 g/mol. The van der Waals surface area contributed by atoms with Crippen LogP contribution in [-0.2, 0) is 26.2 Å². The maximum absolute atomic E-state index is 9.22. The van der Waals surface area contributed by atoms with Crippen LogP contribution in [0, 0.1) is 0 Å². The predicted octanol–water partition coefficient (Wildman–Crippen LogP) is -1.66. The molecule has 143 valence electrons. The molecule has 1 heterocycles. The maximum atomic E-state index is 9.22. The van der Waals surface area contributed by atoms with E-state index in [-0.39, 0.29) is 57.6 Å². The summed E-state index contributed by atoms with van der Waals surface area (Å²) in [5.41, 5.74) is 4.45. The molecule has 0 atom stereocenters. The molecule has 1 N–H and O–H groups in total. The van der Waals surface area contributed by atoms with Crippen LogP contribution >= 0.6 is 0 Å². The van der Waals surface area contributed by atoms with Crippen LogP contribution in [0.15, 0.2) is 54.1 Å². The largest absolute Gasteiger partial charge is 3.00 e. The molecule has 1 aliphatic carbocycles. The fraction of sp³-hybridized carbons (Fsp3) is 0.261. The zero-order chi connectivity index (χ0) is 17.2. The zero-order valence-electron chi connectivity index (χ0n) is 16.2. The van der Waals surface area contributed by atoms with Crippen molar-refractivity contribution in [2.24, 2.45) is 0 Å². The van der Waals surface area contributed by atoms with Crippen LogP contribution in [0.25, 0.3) is 27.1 Å². The second-order valence-electron chi connectivity index (χ2n) is 7.93. The fourth-order valence-corrected chi connectivity index (χ4v) is 8.55. The Balaban J connectivity index is 0.000000934. The van der Waals surface area contributed by atoms with Gasteiger partial charge in [0.05, 0.1) is 8.07 Å². The first-order valence-corrected chi connectivity index (χ1v) is 12.3.